The predicted molar refractivity (Wildman–Crippen MR) is 119 cm³/mol. The molecule has 2 heterocycles. The van der Waals surface area contributed by atoms with Crippen molar-refractivity contribution in [1.82, 2.24) is 19.6 Å². The van der Waals surface area contributed by atoms with Crippen LogP contribution in [0.25, 0.3) is 5.78 Å². The molecule has 1 aliphatic carbocycles. The molecule has 1 aliphatic rings. The van der Waals surface area contributed by atoms with E-state index in [1.807, 2.05) is 25.8 Å². The van der Waals surface area contributed by atoms with Crippen LogP contribution >= 0.6 is 0 Å². The molecule has 1 aromatic carbocycles. The van der Waals surface area contributed by atoms with E-state index in [0.29, 0.717) is 29.6 Å². The highest BCUT2D eigenvalue weighted by molar-refractivity contribution is 5.91. The maximum atomic E-state index is 14.8. The number of aromatic nitrogens is 4. The Morgan fingerprint density at radius 1 is 1.26 bits per heavy atom. The summed E-state index contributed by atoms with van der Waals surface area (Å²) < 4.78 is 16.4. The van der Waals surface area contributed by atoms with Gasteiger partial charge >= 0.3 is 0 Å². The lowest BCUT2D eigenvalue weighted by Crippen LogP contribution is -2.33. The molecule has 0 atom stereocenters. The Labute approximate surface area is 181 Å². The van der Waals surface area contributed by atoms with Gasteiger partial charge in [0.15, 0.2) is 0 Å². The number of amides is 1. The number of rotatable bonds is 6. The first kappa shape index (κ1) is 21.2. The first-order valence-corrected chi connectivity index (χ1v) is 10.9. The van der Waals surface area contributed by atoms with Crippen LogP contribution in [0.4, 0.5) is 15.8 Å². The van der Waals surface area contributed by atoms with E-state index in [4.69, 9.17) is 0 Å². The molecule has 8 heteroatoms. The van der Waals surface area contributed by atoms with Crippen molar-refractivity contribution in [2.24, 2.45) is 0 Å². The second kappa shape index (κ2) is 8.99. The van der Waals surface area contributed by atoms with Crippen LogP contribution in [0.5, 0.6) is 0 Å². The number of halogens is 1. The van der Waals surface area contributed by atoms with Gasteiger partial charge in [-0.15, -0.1) is 0 Å². The molecule has 0 radical (unpaired) electrons. The third-order valence-electron chi connectivity index (χ3n) is 6.32. The van der Waals surface area contributed by atoms with Gasteiger partial charge in [0.1, 0.15) is 12.1 Å². The zero-order chi connectivity index (χ0) is 22.0. The van der Waals surface area contributed by atoms with Crippen LogP contribution in [0.2, 0.25) is 0 Å². The van der Waals surface area contributed by atoms with Gasteiger partial charge in [-0.25, -0.2) is 13.9 Å². The van der Waals surface area contributed by atoms with Gasteiger partial charge in [0.25, 0.3) is 5.78 Å². The Balaban J connectivity index is 1.39. The Morgan fingerprint density at radius 2 is 2.03 bits per heavy atom. The molecule has 0 saturated heterocycles. The zero-order valence-corrected chi connectivity index (χ0v) is 18.4. The summed E-state index contributed by atoms with van der Waals surface area (Å²) in [6, 6.07) is 5.32. The topological polar surface area (TPSA) is 75.4 Å². The van der Waals surface area contributed by atoms with Crippen molar-refractivity contribution in [2.45, 2.75) is 64.8 Å². The Morgan fingerprint density at radius 3 is 2.77 bits per heavy atom. The lowest BCUT2D eigenvalue weighted by atomic mass is 9.94. The maximum absolute atomic E-state index is 14.8. The normalized spacial score (nSPS) is 14.7. The minimum Gasteiger partial charge on any atom is -0.369 e. The Bertz CT molecular complexity index is 1090. The quantitative estimate of drug-likeness (QED) is 0.641. The fourth-order valence-corrected chi connectivity index (χ4v) is 4.51. The number of hydrogen-bond donors (Lipinski definition) is 1. The minimum absolute atomic E-state index is 0.162. The molecule has 0 unspecified atom stereocenters. The van der Waals surface area contributed by atoms with Crippen molar-refractivity contribution in [3.8, 4) is 0 Å². The molecule has 0 spiro atoms. The van der Waals surface area contributed by atoms with Gasteiger partial charge in [-0.1, -0.05) is 19.3 Å². The van der Waals surface area contributed by atoms with E-state index in [1.54, 1.807) is 16.6 Å². The van der Waals surface area contributed by atoms with Crippen molar-refractivity contribution in [1.29, 1.82) is 0 Å². The zero-order valence-electron chi connectivity index (χ0n) is 18.4. The number of benzene rings is 1. The fourth-order valence-electron chi connectivity index (χ4n) is 4.51. The molecular weight excluding hydrogens is 395 g/mol. The predicted octanol–water partition coefficient (Wildman–Crippen LogP) is 4.22. The van der Waals surface area contributed by atoms with E-state index < -0.39 is 0 Å². The standard InChI is InChI=1S/C23H29FN6O/c1-15-19(16(2)30-23(27-15)25-14-26-30)10-12-22(31)28-17-9-11-21(20(24)13-17)29(3)18-7-5-4-6-8-18/h9,11,13-14,18H,4-8,10,12H2,1-3H3,(H,28,31). The number of nitrogens with one attached hydrogen (secondary N) is 1. The van der Waals surface area contributed by atoms with E-state index in [9.17, 15) is 9.18 Å². The highest BCUT2D eigenvalue weighted by Gasteiger charge is 2.21. The number of nitrogens with zero attached hydrogens (tertiary/aromatic N) is 5. The van der Waals surface area contributed by atoms with Gasteiger partial charge in [-0.05, 0) is 56.9 Å². The van der Waals surface area contributed by atoms with E-state index >= 15 is 0 Å². The van der Waals surface area contributed by atoms with Crippen LogP contribution in [-0.2, 0) is 11.2 Å². The summed E-state index contributed by atoms with van der Waals surface area (Å²) in [7, 11) is 1.96. The minimum atomic E-state index is -0.307. The monoisotopic (exact) mass is 424 g/mol. The van der Waals surface area contributed by atoms with Gasteiger partial charge in [-0.3, -0.25) is 4.79 Å². The molecule has 1 fully saturated rings. The van der Waals surface area contributed by atoms with Crippen LogP contribution in [0.3, 0.4) is 0 Å². The van der Waals surface area contributed by atoms with Gasteiger partial charge in [0.05, 0.1) is 5.69 Å². The third-order valence-corrected chi connectivity index (χ3v) is 6.32. The average Bonchev–Trinajstić information content (AvgIpc) is 3.22. The van der Waals surface area contributed by atoms with Gasteiger partial charge in [0, 0.05) is 36.6 Å². The van der Waals surface area contributed by atoms with Gasteiger partial charge in [0.2, 0.25) is 5.91 Å². The number of carbonyl (C=O) groups excluding carboxylic acids is 1. The number of aryl methyl sites for hydroxylation is 2. The molecule has 2 aromatic heterocycles. The lowest BCUT2D eigenvalue weighted by Gasteiger charge is -2.33. The molecule has 164 valence electrons. The summed E-state index contributed by atoms with van der Waals surface area (Å²) in [5.74, 6) is 0.0839. The summed E-state index contributed by atoms with van der Waals surface area (Å²) in [4.78, 5) is 23.1. The smallest absolute Gasteiger partial charge is 0.252 e. The first-order chi connectivity index (χ1) is 14.9. The molecule has 0 aliphatic heterocycles. The third kappa shape index (κ3) is 4.52. The summed E-state index contributed by atoms with van der Waals surface area (Å²) in [6.07, 6.45) is 8.12. The summed E-state index contributed by atoms with van der Waals surface area (Å²) in [5.41, 5.74) is 3.80. The summed E-state index contributed by atoms with van der Waals surface area (Å²) in [5, 5.41) is 6.99. The van der Waals surface area contributed by atoms with Crippen LogP contribution in [0, 0.1) is 19.7 Å². The van der Waals surface area contributed by atoms with E-state index in [-0.39, 0.29) is 18.1 Å². The van der Waals surface area contributed by atoms with Crippen molar-refractivity contribution < 1.29 is 9.18 Å². The largest absolute Gasteiger partial charge is 0.369 e. The lowest BCUT2D eigenvalue weighted by molar-refractivity contribution is -0.116. The van der Waals surface area contributed by atoms with Crippen LogP contribution in [0.15, 0.2) is 24.5 Å². The average molecular weight is 425 g/mol. The van der Waals surface area contributed by atoms with Crippen LogP contribution in [0.1, 0.15) is 55.5 Å². The number of anilines is 2. The van der Waals surface area contributed by atoms with Crippen molar-refractivity contribution >= 4 is 23.1 Å². The van der Waals surface area contributed by atoms with E-state index in [1.165, 1.54) is 31.7 Å². The van der Waals surface area contributed by atoms with Gasteiger partial charge < -0.3 is 10.2 Å². The molecule has 31 heavy (non-hydrogen) atoms. The molecule has 4 rings (SSSR count). The molecule has 0 bridgehead atoms. The van der Waals surface area contributed by atoms with Crippen LogP contribution < -0.4 is 10.2 Å². The van der Waals surface area contributed by atoms with Crippen molar-refractivity contribution in [2.75, 3.05) is 17.3 Å². The number of hydrogen-bond acceptors (Lipinski definition) is 5. The first-order valence-electron chi connectivity index (χ1n) is 10.9. The van der Waals surface area contributed by atoms with E-state index in [2.05, 4.69) is 20.4 Å². The molecular formula is C23H29FN6O. The Hall–Kier alpha value is -3.03. The van der Waals surface area contributed by atoms with Crippen molar-refractivity contribution in [3.63, 3.8) is 0 Å². The number of carbonyl (C=O) groups is 1. The van der Waals surface area contributed by atoms with E-state index in [0.717, 1.165) is 29.8 Å². The molecule has 3 aromatic rings. The fraction of sp³-hybridized carbons (Fsp3) is 0.478. The van der Waals surface area contributed by atoms with Crippen molar-refractivity contribution in [3.05, 3.63) is 47.3 Å². The highest BCUT2D eigenvalue weighted by Crippen LogP contribution is 2.29. The van der Waals surface area contributed by atoms with Gasteiger partial charge in [-0.2, -0.15) is 10.1 Å². The highest BCUT2D eigenvalue weighted by atomic mass is 19.1. The second-order valence-corrected chi connectivity index (χ2v) is 8.35. The number of fused-ring (bicyclic) bond motifs is 1. The second-order valence-electron chi connectivity index (χ2n) is 8.35. The molecule has 7 nitrogen and oxygen atoms in total. The summed E-state index contributed by atoms with van der Waals surface area (Å²) >= 11 is 0. The van der Waals surface area contributed by atoms with Crippen LogP contribution in [-0.4, -0.2) is 38.6 Å². The Kier molecular flexibility index (Phi) is 6.15. The molecule has 1 saturated carbocycles. The SMILES string of the molecule is Cc1nc2ncnn2c(C)c1CCC(=O)Nc1ccc(N(C)C2CCCCC2)c(F)c1. The summed E-state index contributed by atoms with van der Waals surface area (Å²) in [6.45, 7) is 3.85. The maximum Gasteiger partial charge on any atom is 0.252 e. The molecule has 1 N–H and O–H groups in total. The molecule has 1 amide bonds.